The van der Waals surface area contributed by atoms with E-state index < -0.39 is 56.4 Å². The summed E-state index contributed by atoms with van der Waals surface area (Å²) < 4.78 is 88.9. The van der Waals surface area contributed by atoms with Crippen LogP contribution in [0, 0.1) is 29.4 Å². The van der Waals surface area contributed by atoms with Crippen LogP contribution in [0.1, 0.15) is 25.0 Å². The van der Waals surface area contributed by atoms with Crippen LogP contribution < -0.4 is 4.74 Å². The molecule has 3 aromatic carbocycles. The van der Waals surface area contributed by atoms with Crippen molar-refractivity contribution in [2.24, 2.45) is 5.92 Å². The van der Waals surface area contributed by atoms with Crippen molar-refractivity contribution < 1.29 is 35.5 Å². The molecule has 0 bridgehead atoms. The average molecular weight is 605 g/mol. The van der Waals surface area contributed by atoms with Gasteiger partial charge in [0.15, 0.2) is 0 Å². The van der Waals surface area contributed by atoms with Crippen LogP contribution in [-0.4, -0.2) is 69.4 Å². The number of rotatable bonds is 6. The topological polar surface area (TPSA) is 104 Å². The van der Waals surface area contributed by atoms with E-state index in [9.17, 15) is 30.7 Å². The molecule has 0 radical (unpaired) electrons. The predicted octanol–water partition coefficient (Wildman–Crippen LogP) is 3.45. The second-order valence-corrected chi connectivity index (χ2v) is 13.8. The van der Waals surface area contributed by atoms with Crippen molar-refractivity contribution in [1.29, 1.82) is 0 Å². The molecule has 0 amide bonds. The Labute approximate surface area is 239 Å². The highest BCUT2D eigenvalue weighted by atomic mass is 32.2. The molecule has 3 aromatic rings. The third-order valence-corrected chi connectivity index (χ3v) is 10.7. The van der Waals surface area contributed by atoms with Crippen LogP contribution in [0.4, 0.5) is 8.78 Å². The van der Waals surface area contributed by atoms with Crippen molar-refractivity contribution in [2.45, 2.75) is 35.8 Å². The minimum atomic E-state index is -4.11. The minimum Gasteiger partial charge on any atom is -0.487 e. The monoisotopic (exact) mass is 604 g/mol. The summed E-state index contributed by atoms with van der Waals surface area (Å²) in [7, 11) is -6.77. The van der Waals surface area contributed by atoms with Crippen LogP contribution in [-0.2, 0) is 20.0 Å². The lowest BCUT2D eigenvalue weighted by atomic mass is 10.0. The maximum Gasteiger partial charge on any atom is 0.247 e. The van der Waals surface area contributed by atoms with Crippen molar-refractivity contribution in [3.05, 3.63) is 89.5 Å². The van der Waals surface area contributed by atoms with Crippen molar-refractivity contribution in [2.75, 3.05) is 26.7 Å². The van der Waals surface area contributed by atoms with Gasteiger partial charge in [-0.25, -0.2) is 25.6 Å². The Morgan fingerprint density at radius 2 is 1.59 bits per heavy atom. The molecule has 1 aliphatic rings. The summed E-state index contributed by atoms with van der Waals surface area (Å²) in [4.78, 5) is -0.247. The first-order valence-corrected chi connectivity index (χ1v) is 15.6. The first-order chi connectivity index (χ1) is 19.3. The second kappa shape index (κ2) is 12.3. The SMILES string of the molecule is C[C@H](CO)N1C[C@H](C)[C@H](CN(C)S(=O)(=O)c2ccc(F)cc2)Oc2cc(C#Cc3ccc(F)cc3)ccc2S1(=O)=O. The lowest BCUT2D eigenvalue weighted by Gasteiger charge is -2.37. The van der Waals surface area contributed by atoms with E-state index in [1.807, 2.05) is 0 Å². The fourth-order valence-electron chi connectivity index (χ4n) is 4.34. The molecule has 3 atom stereocenters. The van der Waals surface area contributed by atoms with Crippen molar-refractivity contribution in [3.63, 3.8) is 0 Å². The van der Waals surface area contributed by atoms with Crippen LogP contribution in [0.25, 0.3) is 0 Å². The fraction of sp³-hybridized carbons (Fsp3) is 0.310. The van der Waals surface area contributed by atoms with Crippen LogP contribution in [0.15, 0.2) is 76.5 Å². The van der Waals surface area contributed by atoms with Gasteiger partial charge in [-0.2, -0.15) is 8.61 Å². The van der Waals surface area contributed by atoms with E-state index in [2.05, 4.69) is 11.8 Å². The number of halogens is 2. The molecule has 218 valence electrons. The van der Waals surface area contributed by atoms with Gasteiger partial charge in [0.05, 0.1) is 18.0 Å². The Morgan fingerprint density at radius 1 is 1.02 bits per heavy atom. The molecule has 0 saturated heterocycles. The van der Waals surface area contributed by atoms with E-state index >= 15 is 0 Å². The first-order valence-electron chi connectivity index (χ1n) is 12.8. The van der Waals surface area contributed by atoms with Crippen LogP contribution >= 0.6 is 0 Å². The predicted molar refractivity (Wildman–Crippen MR) is 149 cm³/mol. The number of aliphatic hydroxyl groups is 1. The first kappa shape index (κ1) is 30.6. The molecule has 0 saturated carbocycles. The highest BCUT2D eigenvalue weighted by Gasteiger charge is 2.39. The molecule has 0 aliphatic carbocycles. The zero-order valence-corrected chi connectivity index (χ0v) is 24.3. The summed E-state index contributed by atoms with van der Waals surface area (Å²) in [6, 6.07) is 13.6. The molecule has 1 heterocycles. The van der Waals surface area contributed by atoms with Gasteiger partial charge in [0.1, 0.15) is 28.4 Å². The van der Waals surface area contributed by atoms with Crippen LogP contribution in [0.2, 0.25) is 0 Å². The second-order valence-electron chi connectivity index (χ2n) is 9.90. The van der Waals surface area contributed by atoms with Crippen molar-refractivity contribution in [1.82, 2.24) is 8.61 Å². The molecular formula is C29H30F2N2O6S2. The standard InChI is InChI=1S/C29H30F2N2O6S2/c1-20-17-33(21(2)19-34)41(37,38)29-15-8-23(5-4-22-6-9-24(30)10-7-22)16-27(29)39-28(20)18-32(3)40(35,36)26-13-11-25(31)12-14-26/h6-16,20-21,28,34H,17-19H2,1-3H3/t20-,21+,28-/m0/s1. The third kappa shape index (κ3) is 6.77. The largest absolute Gasteiger partial charge is 0.487 e. The normalized spacial score (nSPS) is 19.7. The van der Waals surface area contributed by atoms with Gasteiger partial charge in [0.25, 0.3) is 0 Å². The van der Waals surface area contributed by atoms with E-state index in [1.54, 1.807) is 13.8 Å². The van der Waals surface area contributed by atoms with Gasteiger partial charge in [0, 0.05) is 36.7 Å². The Morgan fingerprint density at radius 3 is 2.20 bits per heavy atom. The molecule has 4 rings (SSSR count). The highest BCUT2D eigenvalue weighted by Crippen LogP contribution is 2.34. The molecule has 0 fully saturated rings. The minimum absolute atomic E-state index is 0.0184. The zero-order valence-electron chi connectivity index (χ0n) is 22.7. The number of nitrogens with zero attached hydrogens (tertiary/aromatic N) is 2. The molecule has 8 nitrogen and oxygen atoms in total. The van der Waals surface area contributed by atoms with E-state index in [4.69, 9.17) is 4.74 Å². The van der Waals surface area contributed by atoms with Gasteiger partial charge < -0.3 is 9.84 Å². The lowest BCUT2D eigenvalue weighted by Crippen LogP contribution is -2.50. The quantitative estimate of drug-likeness (QED) is 0.433. The number of hydrogen-bond acceptors (Lipinski definition) is 6. The number of hydrogen-bond donors (Lipinski definition) is 1. The summed E-state index contributed by atoms with van der Waals surface area (Å²) in [5, 5.41) is 9.83. The summed E-state index contributed by atoms with van der Waals surface area (Å²) in [6.07, 6.45) is -0.807. The fourth-order valence-corrected chi connectivity index (χ4v) is 7.35. The molecule has 0 aromatic heterocycles. The number of ether oxygens (including phenoxy) is 1. The summed E-state index contributed by atoms with van der Waals surface area (Å²) in [6.45, 7) is 2.71. The van der Waals surface area contributed by atoms with Crippen molar-refractivity contribution in [3.8, 4) is 17.6 Å². The van der Waals surface area contributed by atoms with Gasteiger partial charge in [-0.15, -0.1) is 0 Å². The molecule has 1 aliphatic heterocycles. The van der Waals surface area contributed by atoms with Gasteiger partial charge in [-0.05, 0) is 73.7 Å². The number of aliphatic hydroxyl groups excluding tert-OH is 1. The van der Waals surface area contributed by atoms with Gasteiger partial charge >= 0.3 is 0 Å². The van der Waals surface area contributed by atoms with E-state index in [0.29, 0.717) is 11.1 Å². The smallest absolute Gasteiger partial charge is 0.247 e. The van der Waals surface area contributed by atoms with E-state index in [1.165, 1.54) is 66.0 Å². The van der Waals surface area contributed by atoms with Crippen molar-refractivity contribution >= 4 is 20.0 Å². The number of likely N-dealkylation sites (N-methyl/N-ethyl adjacent to an activating group) is 1. The maximum atomic E-state index is 13.7. The Kier molecular flexibility index (Phi) is 9.16. The molecular weight excluding hydrogens is 574 g/mol. The molecule has 0 unspecified atom stereocenters. The van der Waals surface area contributed by atoms with E-state index in [0.717, 1.165) is 16.4 Å². The van der Waals surface area contributed by atoms with Gasteiger partial charge in [-0.1, -0.05) is 18.8 Å². The summed E-state index contributed by atoms with van der Waals surface area (Å²) in [5.41, 5.74) is 0.970. The molecule has 12 heteroatoms. The van der Waals surface area contributed by atoms with Crippen LogP contribution in [0.5, 0.6) is 5.75 Å². The Bertz CT molecular complexity index is 1670. The van der Waals surface area contributed by atoms with E-state index in [-0.39, 0.29) is 28.6 Å². The third-order valence-electron chi connectivity index (χ3n) is 6.82. The highest BCUT2D eigenvalue weighted by molar-refractivity contribution is 7.89. The summed E-state index contributed by atoms with van der Waals surface area (Å²) >= 11 is 0. The van der Waals surface area contributed by atoms with Crippen LogP contribution in [0.3, 0.4) is 0 Å². The number of fused-ring (bicyclic) bond motifs is 1. The molecule has 0 spiro atoms. The Hall–Kier alpha value is -3.34. The zero-order chi connectivity index (χ0) is 29.9. The molecule has 1 N–H and O–H groups in total. The summed E-state index contributed by atoms with van der Waals surface area (Å²) in [5.74, 6) is 4.32. The maximum absolute atomic E-state index is 13.7. The average Bonchev–Trinajstić information content (AvgIpc) is 2.94. The van der Waals surface area contributed by atoms with Gasteiger partial charge in [-0.3, -0.25) is 0 Å². The lowest BCUT2D eigenvalue weighted by molar-refractivity contribution is 0.0904. The number of benzene rings is 3. The molecule has 41 heavy (non-hydrogen) atoms. The van der Waals surface area contributed by atoms with Gasteiger partial charge in [0.2, 0.25) is 20.0 Å². The Balaban J connectivity index is 1.74. The number of sulfonamides is 2.